The Balaban J connectivity index is 1.64. The van der Waals surface area contributed by atoms with Crippen molar-refractivity contribution in [1.29, 1.82) is 5.26 Å². The van der Waals surface area contributed by atoms with Gasteiger partial charge in [-0.2, -0.15) is 10.2 Å². The van der Waals surface area contributed by atoms with Gasteiger partial charge in [-0.1, -0.05) is 23.7 Å². The summed E-state index contributed by atoms with van der Waals surface area (Å²) in [7, 11) is 0. The molecular weight excluding hydrogens is 362 g/mol. The molecule has 3 rings (SSSR count). The SMILES string of the molecule is Cc1c(Cl)cccc1-c1cc(NCCOc2ccc(C#N)cc2)nc(N)n1. The zero-order valence-corrected chi connectivity index (χ0v) is 15.5. The molecule has 0 aliphatic carbocycles. The maximum absolute atomic E-state index is 8.80. The first-order valence-electron chi connectivity index (χ1n) is 8.33. The third kappa shape index (κ3) is 4.66. The number of anilines is 2. The minimum absolute atomic E-state index is 0.183. The highest BCUT2D eigenvalue weighted by atomic mass is 35.5. The Morgan fingerprint density at radius 1 is 1.19 bits per heavy atom. The number of nitrogens with zero attached hydrogens (tertiary/aromatic N) is 3. The summed E-state index contributed by atoms with van der Waals surface area (Å²) in [6, 6.07) is 16.5. The number of ether oxygens (including phenoxy) is 1. The maximum Gasteiger partial charge on any atom is 0.222 e. The fourth-order valence-corrected chi connectivity index (χ4v) is 2.73. The fraction of sp³-hybridized carbons (Fsp3) is 0.150. The number of rotatable bonds is 6. The molecule has 136 valence electrons. The van der Waals surface area contributed by atoms with Crippen LogP contribution in [-0.2, 0) is 0 Å². The topological polar surface area (TPSA) is 96.8 Å². The summed E-state index contributed by atoms with van der Waals surface area (Å²) < 4.78 is 5.64. The van der Waals surface area contributed by atoms with Crippen LogP contribution in [0.4, 0.5) is 11.8 Å². The lowest BCUT2D eigenvalue weighted by Crippen LogP contribution is -2.13. The van der Waals surface area contributed by atoms with Gasteiger partial charge >= 0.3 is 0 Å². The van der Waals surface area contributed by atoms with Gasteiger partial charge in [0.05, 0.1) is 23.9 Å². The van der Waals surface area contributed by atoms with Crippen LogP contribution in [0.5, 0.6) is 5.75 Å². The van der Waals surface area contributed by atoms with Gasteiger partial charge in [0.1, 0.15) is 18.2 Å². The van der Waals surface area contributed by atoms with E-state index in [2.05, 4.69) is 21.4 Å². The number of aromatic nitrogens is 2. The molecule has 0 aliphatic rings. The molecule has 0 radical (unpaired) electrons. The van der Waals surface area contributed by atoms with Crippen LogP contribution >= 0.6 is 11.6 Å². The summed E-state index contributed by atoms with van der Waals surface area (Å²) in [4.78, 5) is 8.52. The first-order chi connectivity index (χ1) is 13.1. The first kappa shape index (κ1) is 18.5. The van der Waals surface area contributed by atoms with Gasteiger partial charge in [-0.15, -0.1) is 0 Å². The molecule has 0 aliphatic heterocycles. The van der Waals surface area contributed by atoms with Crippen molar-refractivity contribution in [2.45, 2.75) is 6.92 Å². The lowest BCUT2D eigenvalue weighted by Gasteiger charge is -2.11. The van der Waals surface area contributed by atoms with Gasteiger partial charge in [0, 0.05) is 16.7 Å². The third-order valence-corrected chi connectivity index (χ3v) is 4.36. The largest absolute Gasteiger partial charge is 0.492 e. The minimum atomic E-state index is 0.183. The van der Waals surface area contributed by atoms with E-state index in [1.54, 1.807) is 24.3 Å². The van der Waals surface area contributed by atoms with Crippen LogP contribution in [0.3, 0.4) is 0 Å². The summed E-state index contributed by atoms with van der Waals surface area (Å²) >= 11 is 6.20. The highest BCUT2D eigenvalue weighted by Gasteiger charge is 2.09. The van der Waals surface area contributed by atoms with E-state index in [1.807, 2.05) is 31.2 Å². The van der Waals surface area contributed by atoms with Gasteiger partial charge in [-0.3, -0.25) is 0 Å². The molecule has 6 nitrogen and oxygen atoms in total. The molecule has 0 fully saturated rings. The molecule has 0 spiro atoms. The Kier molecular flexibility index (Phi) is 5.74. The average Bonchev–Trinajstić information content (AvgIpc) is 2.67. The van der Waals surface area contributed by atoms with Crippen molar-refractivity contribution in [3.8, 4) is 23.1 Å². The normalized spacial score (nSPS) is 10.3. The van der Waals surface area contributed by atoms with Crippen molar-refractivity contribution >= 4 is 23.4 Å². The molecule has 0 amide bonds. The van der Waals surface area contributed by atoms with Crippen LogP contribution in [0.25, 0.3) is 11.3 Å². The predicted octanol–water partition coefficient (Wildman–Crippen LogP) is 4.05. The molecule has 0 saturated carbocycles. The maximum atomic E-state index is 8.80. The molecule has 27 heavy (non-hydrogen) atoms. The van der Waals surface area contributed by atoms with Crippen LogP contribution in [0.1, 0.15) is 11.1 Å². The molecule has 0 unspecified atom stereocenters. The summed E-state index contributed by atoms with van der Waals surface area (Å²) in [5.41, 5.74) is 9.01. The van der Waals surface area contributed by atoms with Gasteiger partial charge in [-0.25, -0.2) is 4.98 Å². The summed E-state index contributed by atoms with van der Waals surface area (Å²) in [6.45, 7) is 2.90. The lowest BCUT2D eigenvalue weighted by molar-refractivity contribution is 0.332. The van der Waals surface area contributed by atoms with Gasteiger partial charge < -0.3 is 15.8 Å². The van der Waals surface area contributed by atoms with E-state index < -0.39 is 0 Å². The van der Waals surface area contributed by atoms with Crippen molar-refractivity contribution in [1.82, 2.24) is 9.97 Å². The van der Waals surface area contributed by atoms with Gasteiger partial charge in [0.15, 0.2) is 0 Å². The second-order valence-corrected chi connectivity index (χ2v) is 6.23. The summed E-state index contributed by atoms with van der Waals surface area (Å²) in [5.74, 6) is 1.50. The smallest absolute Gasteiger partial charge is 0.222 e. The van der Waals surface area contributed by atoms with E-state index in [9.17, 15) is 0 Å². The Hall–Kier alpha value is -3.30. The van der Waals surface area contributed by atoms with E-state index >= 15 is 0 Å². The summed E-state index contributed by atoms with van der Waals surface area (Å²) in [6.07, 6.45) is 0. The van der Waals surface area contributed by atoms with Crippen LogP contribution in [0, 0.1) is 18.3 Å². The number of nitrogens with two attached hydrogens (primary N) is 1. The van der Waals surface area contributed by atoms with E-state index in [0.29, 0.717) is 41.0 Å². The van der Waals surface area contributed by atoms with Crippen molar-refractivity contribution in [2.75, 3.05) is 24.2 Å². The van der Waals surface area contributed by atoms with Crippen LogP contribution in [0.2, 0.25) is 5.02 Å². The molecule has 0 bridgehead atoms. The van der Waals surface area contributed by atoms with Crippen molar-refractivity contribution in [3.63, 3.8) is 0 Å². The van der Waals surface area contributed by atoms with E-state index in [4.69, 9.17) is 27.3 Å². The second kappa shape index (κ2) is 8.39. The lowest BCUT2D eigenvalue weighted by atomic mass is 10.1. The van der Waals surface area contributed by atoms with Crippen LogP contribution in [-0.4, -0.2) is 23.1 Å². The molecule has 3 aromatic rings. The first-order valence-corrected chi connectivity index (χ1v) is 8.71. The number of hydrogen-bond acceptors (Lipinski definition) is 6. The second-order valence-electron chi connectivity index (χ2n) is 5.82. The zero-order valence-electron chi connectivity index (χ0n) is 14.7. The van der Waals surface area contributed by atoms with Crippen molar-refractivity contribution < 1.29 is 4.74 Å². The van der Waals surface area contributed by atoms with Crippen molar-refractivity contribution in [2.24, 2.45) is 0 Å². The molecular formula is C20H18ClN5O. The van der Waals surface area contributed by atoms with Crippen molar-refractivity contribution in [3.05, 3.63) is 64.7 Å². The Labute approximate surface area is 162 Å². The standard InChI is InChI=1S/C20H18ClN5O/c1-13-16(3-2-4-17(13)21)18-11-19(26-20(23)25-18)24-9-10-27-15-7-5-14(12-22)6-8-15/h2-8,11H,9-10H2,1H3,(H3,23,24,25,26). The number of halogens is 1. The number of nitrogen functional groups attached to an aromatic ring is 1. The number of hydrogen-bond donors (Lipinski definition) is 2. The van der Waals surface area contributed by atoms with Gasteiger partial charge in [0.25, 0.3) is 0 Å². The van der Waals surface area contributed by atoms with E-state index in [0.717, 1.165) is 11.1 Å². The summed E-state index contributed by atoms with van der Waals surface area (Å²) in [5, 5.41) is 12.7. The molecule has 0 atom stereocenters. The Bertz CT molecular complexity index is 983. The number of benzene rings is 2. The van der Waals surface area contributed by atoms with Crippen LogP contribution in [0.15, 0.2) is 48.5 Å². The Morgan fingerprint density at radius 3 is 2.70 bits per heavy atom. The quantitative estimate of drug-likeness (QED) is 0.627. The highest BCUT2D eigenvalue weighted by Crippen LogP contribution is 2.28. The average molecular weight is 380 g/mol. The zero-order chi connectivity index (χ0) is 19.2. The van der Waals surface area contributed by atoms with Gasteiger partial charge in [-0.05, 0) is 42.8 Å². The highest BCUT2D eigenvalue weighted by molar-refractivity contribution is 6.31. The van der Waals surface area contributed by atoms with E-state index in [-0.39, 0.29) is 5.95 Å². The molecule has 7 heteroatoms. The number of nitrogens with one attached hydrogen (secondary N) is 1. The fourth-order valence-electron chi connectivity index (χ4n) is 2.55. The Morgan fingerprint density at radius 2 is 1.96 bits per heavy atom. The monoisotopic (exact) mass is 379 g/mol. The molecule has 3 N–H and O–H groups in total. The molecule has 2 aromatic carbocycles. The van der Waals surface area contributed by atoms with E-state index in [1.165, 1.54) is 0 Å². The predicted molar refractivity (Wildman–Crippen MR) is 107 cm³/mol. The minimum Gasteiger partial charge on any atom is -0.492 e. The number of nitriles is 1. The molecule has 0 saturated heterocycles. The molecule has 1 heterocycles. The van der Waals surface area contributed by atoms with Crippen LogP contribution < -0.4 is 15.8 Å². The van der Waals surface area contributed by atoms with Gasteiger partial charge in [0.2, 0.25) is 5.95 Å². The molecule has 1 aromatic heterocycles. The third-order valence-electron chi connectivity index (χ3n) is 3.95.